The van der Waals surface area contributed by atoms with Crippen molar-refractivity contribution in [2.75, 3.05) is 19.7 Å². The topological polar surface area (TPSA) is 88.1 Å². The summed E-state index contributed by atoms with van der Waals surface area (Å²) in [5.74, 6) is -0.371. The highest BCUT2D eigenvalue weighted by molar-refractivity contribution is 5.69. The van der Waals surface area contributed by atoms with Crippen LogP contribution < -0.4 is 5.32 Å². The van der Waals surface area contributed by atoms with Crippen molar-refractivity contribution < 1.29 is 28.6 Å². The minimum atomic E-state index is -0.619. The largest absolute Gasteiger partial charge is 0.446 e. The summed E-state index contributed by atoms with van der Waals surface area (Å²) in [5.41, 5.74) is 1.61. The summed E-state index contributed by atoms with van der Waals surface area (Å²) in [4.78, 5) is 26.2. The van der Waals surface area contributed by atoms with E-state index in [1.807, 2.05) is 30.3 Å². The highest BCUT2D eigenvalue weighted by Crippen LogP contribution is 2.33. The Morgan fingerprint density at radius 2 is 1.87 bits per heavy atom. The summed E-state index contributed by atoms with van der Waals surface area (Å²) in [5, 5.41) is 11.3. The molecule has 2 amide bonds. The number of carbonyl (C=O) groups excluding carboxylic acids is 2. The zero-order chi connectivity index (χ0) is 21.3. The van der Waals surface area contributed by atoms with Gasteiger partial charge in [0.15, 0.2) is 0 Å². The zero-order valence-electron chi connectivity index (χ0n) is 16.5. The predicted molar refractivity (Wildman–Crippen MR) is 107 cm³/mol. The zero-order valence-corrected chi connectivity index (χ0v) is 16.5. The van der Waals surface area contributed by atoms with Gasteiger partial charge in [-0.3, -0.25) is 0 Å². The number of hydrogen-bond donors (Lipinski definition) is 2. The monoisotopic (exact) mass is 416 g/mol. The first-order chi connectivity index (χ1) is 14.6. The molecule has 0 bridgehead atoms. The predicted octanol–water partition coefficient (Wildman–Crippen LogP) is 3.39. The maximum Gasteiger partial charge on any atom is 0.410 e. The summed E-state index contributed by atoms with van der Waals surface area (Å²) in [6.45, 7) is 0.396. The molecule has 1 heterocycles. The highest BCUT2D eigenvalue weighted by Gasteiger charge is 2.35. The van der Waals surface area contributed by atoms with E-state index in [2.05, 4.69) is 5.32 Å². The molecule has 30 heavy (non-hydrogen) atoms. The van der Waals surface area contributed by atoms with E-state index in [0.29, 0.717) is 19.4 Å². The van der Waals surface area contributed by atoms with Gasteiger partial charge >= 0.3 is 12.2 Å². The molecule has 2 N–H and O–H groups in total. The lowest BCUT2D eigenvalue weighted by atomic mass is 9.93. The van der Waals surface area contributed by atoms with E-state index in [1.165, 1.54) is 12.1 Å². The van der Waals surface area contributed by atoms with Crippen molar-refractivity contribution in [1.82, 2.24) is 10.2 Å². The average Bonchev–Trinajstić information content (AvgIpc) is 2.77. The van der Waals surface area contributed by atoms with E-state index in [1.54, 1.807) is 17.0 Å². The molecule has 2 aromatic rings. The molecule has 0 unspecified atom stereocenters. The van der Waals surface area contributed by atoms with Gasteiger partial charge in [0.1, 0.15) is 18.5 Å². The van der Waals surface area contributed by atoms with Crippen LogP contribution in [0.1, 0.15) is 30.0 Å². The van der Waals surface area contributed by atoms with Crippen molar-refractivity contribution in [3.63, 3.8) is 0 Å². The number of halogens is 1. The fourth-order valence-corrected chi connectivity index (χ4v) is 3.41. The standard InChI is InChI=1S/C22H25FN2O5/c23-18-8-6-17(7-9-18)20-14-19(30-21(27)24-11-13-26)10-12-25(20)22(28)29-15-16-4-2-1-3-5-16/h1-9,19-20,26H,10-15H2,(H,24,27)/t19-,20+/m1/s1. The molecule has 8 heteroatoms. The van der Waals surface area contributed by atoms with Crippen LogP contribution in [-0.4, -0.2) is 48.0 Å². The number of amides is 2. The Hall–Kier alpha value is -3.13. The van der Waals surface area contributed by atoms with E-state index < -0.39 is 24.3 Å². The number of hydrogen-bond acceptors (Lipinski definition) is 5. The molecule has 2 atom stereocenters. The molecular weight excluding hydrogens is 391 g/mol. The van der Waals surface area contributed by atoms with E-state index in [4.69, 9.17) is 14.6 Å². The Morgan fingerprint density at radius 1 is 1.13 bits per heavy atom. The molecule has 1 aliphatic rings. The molecule has 3 rings (SSSR count). The number of ether oxygens (including phenoxy) is 2. The third-order valence-corrected chi connectivity index (χ3v) is 4.90. The van der Waals surface area contributed by atoms with E-state index in [-0.39, 0.29) is 25.6 Å². The Kier molecular flexibility index (Phi) is 7.62. The number of aliphatic hydroxyl groups is 1. The maximum atomic E-state index is 13.4. The molecule has 160 valence electrons. The second kappa shape index (κ2) is 10.6. The van der Waals surface area contributed by atoms with Crippen molar-refractivity contribution in [3.8, 4) is 0 Å². The van der Waals surface area contributed by atoms with Crippen molar-refractivity contribution in [2.45, 2.75) is 31.6 Å². The number of piperidine rings is 1. The van der Waals surface area contributed by atoms with Gasteiger partial charge in [0, 0.05) is 25.9 Å². The number of nitrogens with zero attached hydrogens (tertiary/aromatic N) is 1. The lowest BCUT2D eigenvalue weighted by Gasteiger charge is -2.38. The van der Waals surface area contributed by atoms with Gasteiger partial charge in [-0.15, -0.1) is 0 Å². The van der Waals surface area contributed by atoms with Crippen LogP contribution in [0.15, 0.2) is 54.6 Å². The van der Waals surface area contributed by atoms with Gasteiger partial charge in [0.2, 0.25) is 0 Å². The van der Waals surface area contributed by atoms with Gasteiger partial charge in [0.25, 0.3) is 0 Å². The lowest BCUT2D eigenvalue weighted by molar-refractivity contribution is 0.0143. The molecule has 1 fully saturated rings. The molecule has 1 aliphatic heterocycles. The fourth-order valence-electron chi connectivity index (χ4n) is 3.41. The first-order valence-corrected chi connectivity index (χ1v) is 9.85. The normalized spacial score (nSPS) is 18.5. The Bertz CT molecular complexity index is 831. The number of rotatable bonds is 6. The van der Waals surface area contributed by atoms with Crippen LogP contribution in [0.5, 0.6) is 0 Å². The Morgan fingerprint density at radius 3 is 2.57 bits per heavy atom. The number of benzene rings is 2. The van der Waals surface area contributed by atoms with Gasteiger partial charge in [-0.25, -0.2) is 14.0 Å². The number of likely N-dealkylation sites (tertiary alicyclic amines) is 1. The SMILES string of the molecule is O=C(NCCO)O[C@@H]1CCN(C(=O)OCc2ccccc2)[C@H](c2ccc(F)cc2)C1. The summed E-state index contributed by atoms with van der Waals surface area (Å²) < 4.78 is 24.3. The number of carbonyl (C=O) groups is 2. The smallest absolute Gasteiger partial charge is 0.410 e. The molecule has 7 nitrogen and oxygen atoms in total. The molecule has 0 saturated carbocycles. The molecule has 0 aliphatic carbocycles. The summed E-state index contributed by atoms with van der Waals surface area (Å²) in [7, 11) is 0. The van der Waals surface area contributed by atoms with Crippen LogP contribution in [0, 0.1) is 5.82 Å². The van der Waals surface area contributed by atoms with Crippen LogP contribution in [0.25, 0.3) is 0 Å². The van der Waals surface area contributed by atoms with E-state index in [9.17, 15) is 14.0 Å². The Labute approximate surface area is 174 Å². The van der Waals surface area contributed by atoms with Gasteiger partial charge in [-0.05, 0) is 23.3 Å². The Balaban J connectivity index is 1.68. The first kappa shape index (κ1) is 21.6. The minimum absolute atomic E-state index is 0.102. The molecular formula is C22H25FN2O5. The second-order valence-electron chi connectivity index (χ2n) is 7.00. The average molecular weight is 416 g/mol. The number of alkyl carbamates (subject to hydrolysis) is 1. The van der Waals surface area contributed by atoms with Crippen molar-refractivity contribution in [2.24, 2.45) is 0 Å². The quantitative estimate of drug-likeness (QED) is 0.754. The van der Waals surface area contributed by atoms with Crippen molar-refractivity contribution in [3.05, 3.63) is 71.5 Å². The van der Waals surface area contributed by atoms with Crippen molar-refractivity contribution >= 4 is 12.2 Å². The molecule has 0 aromatic heterocycles. The fraction of sp³-hybridized carbons (Fsp3) is 0.364. The van der Waals surface area contributed by atoms with E-state index in [0.717, 1.165) is 11.1 Å². The summed E-state index contributed by atoms with van der Waals surface area (Å²) >= 11 is 0. The van der Waals surface area contributed by atoms with Crippen LogP contribution in [0.3, 0.4) is 0 Å². The van der Waals surface area contributed by atoms with Gasteiger partial charge in [-0.2, -0.15) is 0 Å². The lowest BCUT2D eigenvalue weighted by Crippen LogP contribution is -2.44. The van der Waals surface area contributed by atoms with Gasteiger partial charge < -0.3 is 24.8 Å². The minimum Gasteiger partial charge on any atom is -0.446 e. The van der Waals surface area contributed by atoms with Crippen LogP contribution >= 0.6 is 0 Å². The van der Waals surface area contributed by atoms with Crippen molar-refractivity contribution in [1.29, 1.82) is 0 Å². The van der Waals surface area contributed by atoms with E-state index >= 15 is 0 Å². The molecule has 1 saturated heterocycles. The van der Waals surface area contributed by atoms with Crippen LogP contribution in [0.4, 0.5) is 14.0 Å². The van der Waals surface area contributed by atoms with Crippen LogP contribution in [0.2, 0.25) is 0 Å². The third kappa shape index (κ3) is 5.93. The third-order valence-electron chi connectivity index (χ3n) is 4.90. The first-order valence-electron chi connectivity index (χ1n) is 9.85. The molecule has 0 radical (unpaired) electrons. The van der Waals surface area contributed by atoms with Gasteiger partial charge in [-0.1, -0.05) is 42.5 Å². The number of nitrogens with one attached hydrogen (secondary N) is 1. The maximum absolute atomic E-state index is 13.4. The molecule has 0 spiro atoms. The number of aliphatic hydroxyl groups excluding tert-OH is 1. The highest BCUT2D eigenvalue weighted by atomic mass is 19.1. The second-order valence-corrected chi connectivity index (χ2v) is 7.00. The summed E-state index contributed by atoms with van der Waals surface area (Å²) in [6.07, 6.45) is -0.705. The molecule has 2 aromatic carbocycles. The summed E-state index contributed by atoms with van der Waals surface area (Å²) in [6, 6.07) is 14.9. The van der Waals surface area contributed by atoms with Gasteiger partial charge in [0.05, 0.1) is 12.6 Å². The van der Waals surface area contributed by atoms with Crippen LogP contribution in [-0.2, 0) is 16.1 Å².